The predicted molar refractivity (Wildman–Crippen MR) is 76.3 cm³/mol. The van der Waals surface area contributed by atoms with Gasteiger partial charge in [-0.15, -0.1) is 0 Å². The summed E-state index contributed by atoms with van der Waals surface area (Å²) in [6.07, 6.45) is 1.51. The van der Waals surface area contributed by atoms with Crippen LogP contribution in [0.2, 0.25) is 0 Å². The number of carbonyl (C=O) groups excluding carboxylic acids is 1. The standard InChI is InChI=1S/C13H12BrN3O2/c1-16-13(18)11-7-8(5-6-17-11)19-12-9(14)3-2-4-10(12)15/h2-7H,15H2,1H3,(H,16,18). The van der Waals surface area contributed by atoms with Gasteiger partial charge < -0.3 is 15.8 Å². The molecule has 0 fully saturated rings. The van der Waals surface area contributed by atoms with Crippen molar-refractivity contribution in [3.8, 4) is 11.5 Å². The van der Waals surface area contributed by atoms with E-state index in [1.807, 2.05) is 12.1 Å². The number of rotatable bonds is 3. The Hall–Kier alpha value is -2.08. The Morgan fingerprint density at radius 3 is 2.89 bits per heavy atom. The molecule has 0 spiro atoms. The first kappa shape index (κ1) is 13.4. The minimum atomic E-state index is -0.273. The van der Waals surface area contributed by atoms with E-state index in [1.54, 1.807) is 25.2 Å². The molecule has 0 saturated heterocycles. The van der Waals surface area contributed by atoms with Crippen LogP contribution in [0, 0.1) is 0 Å². The normalized spacial score (nSPS) is 10.0. The van der Waals surface area contributed by atoms with E-state index in [9.17, 15) is 4.79 Å². The van der Waals surface area contributed by atoms with Gasteiger partial charge in [-0.1, -0.05) is 6.07 Å². The zero-order chi connectivity index (χ0) is 13.8. The quantitative estimate of drug-likeness (QED) is 0.852. The second-order valence-corrected chi connectivity index (χ2v) is 4.57. The summed E-state index contributed by atoms with van der Waals surface area (Å²) in [5, 5.41) is 2.50. The highest BCUT2D eigenvalue weighted by atomic mass is 79.9. The number of para-hydroxylation sites is 1. The van der Waals surface area contributed by atoms with Gasteiger partial charge in [-0.25, -0.2) is 0 Å². The van der Waals surface area contributed by atoms with Crippen LogP contribution in [-0.4, -0.2) is 17.9 Å². The van der Waals surface area contributed by atoms with Gasteiger partial charge in [0, 0.05) is 19.3 Å². The van der Waals surface area contributed by atoms with Crippen LogP contribution in [-0.2, 0) is 0 Å². The Bertz CT molecular complexity index is 596. The smallest absolute Gasteiger partial charge is 0.269 e. The number of amides is 1. The average Bonchev–Trinajstić information content (AvgIpc) is 2.42. The Morgan fingerprint density at radius 2 is 2.21 bits per heavy atom. The molecule has 1 aromatic carbocycles. The van der Waals surface area contributed by atoms with Gasteiger partial charge in [0.1, 0.15) is 11.4 Å². The van der Waals surface area contributed by atoms with E-state index in [4.69, 9.17) is 10.5 Å². The largest absolute Gasteiger partial charge is 0.454 e. The Balaban J connectivity index is 2.31. The van der Waals surface area contributed by atoms with Crippen molar-refractivity contribution in [2.75, 3.05) is 12.8 Å². The summed E-state index contributed by atoms with van der Waals surface area (Å²) in [6, 6.07) is 8.59. The second-order valence-electron chi connectivity index (χ2n) is 3.72. The molecule has 3 N–H and O–H groups in total. The van der Waals surface area contributed by atoms with Gasteiger partial charge in [-0.05, 0) is 34.1 Å². The van der Waals surface area contributed by atoms with Crippen molar-refractivity contribution < 1.29 is 9.53 Å². The molecule has 0 aliphatic carbocycles. The molecule has 1 amide bonds. The summed E-state index contributed by atoms with van der Waals surface area (Å²) in [5.74, 6) is 0.731. The van der Waals surface area contributed by atoms with Gasteiger partial charge in [-0.3, -0.25) is 9.78 Å². The van der Waals surface area contributed by atoms with Crippen molar-refractivity contribution in [1.82, 2.24) is 10.3 Å². The summed E-state index contributed by atoms with van der Waals surface area (Å²) in [7, 11) is 1.54. The SMILES string of the molecule is CNC(=O)c1cc(Oc2c(N)cccc2Br)ccn1. The van der Waals surface area contributed by atoms with E-state index >= 15 is 0 Å². The summed E-state index contributed by atoms with van der Waals surface area (Å²) in [4.78, 5) is 15.5. The molecule has 0 aliphatic heterocycles. The zero-order valence-electron chi connectivity index (χ0n) is 10.2. The fraction of sp³-hybridized carbons (Fsp3) is 0.0769. The summed E-state index contributed by atoms with van der Waals surface area (Å²) >= 11 is 3.37. The van der Waals surface area contributed by atoms with Gasteiger partial charge in [0.25, 0.3) is 5.91 Å². The van der Waals surface area contributed by atoms with E-state index in [-0.39, 0.29) is 11.6 Å². The highest BCUT2D eigenvalue weighted by Gasteiger charge is 2.10. The number of benzene rings is 1. The van der Waals surface area contributed by atoms with Crippen molar-refractivity contribution in [2.24, 2.45) is 0 Å². The molecule has 0 saturated carbocycles. The van der Waals surface area contributed by atoms with Gasteiger partial charge in [0.2, 0.25) is 0 Å². The van der Waals surface area contributed by atoms with Crippen molar-refractivity contribution in [2.45, 2.75) is 0 Å². The number of nitrogen functional groups attached to an aromatic ring is 1. The maximum Gasteiger partial charge on any atom is 0.269 e. The number of pyridine rings is 1. The molecule has 0 bridgehead atoms. The minimum Gasteiger partial charge on any atom is -0.454 e. The third kappa shape index (κ3) is 3.03. The lowest BCUT2D eigenvalue weighted by molar-refractivity contribution is 0.0958. The highest BCUT2D eigenvalue weighted by molar-refractivity contribution is 9.10. The lowest BCUT2D eigenvalue weighted by Crippen LogP contribution is -2.18. The molecule has 19 heavy (non-hydrogen) atoms. The third-order valence-electron chi connectivity index (χ3n) is 2.41. The number of nitrogens with zero attached hydrogens (tertiary/aromatic N) is 1. The average molecular weight is 322 g/mol. The molecule has 2 rings (SSSR count). The van der Waals surface area contributed by atoms with Crippen LogP contribution in [0.1, 0.15) is 10.5 Å². The second kappa shape index (κ2) is 5.71. The van der Waals surface area contributed by atoms with E-state index in [0.717, 1.165) is 4.47 Å². The lowest BCUT2D eigenvalue weighted by atomic mass is 10.3. The van der Waals surface area contributed by atoms with Gasteiger partial charge in [-0.2, -0.15) is 0 Å². The van der Waals surface area contributed by atoms with Crippen LogP contribution >= 0.6 is 15.9 Å². The van der Waals surface area contributed by atoms with Gasteiger partial charge in [0.05, 0.1) is 10.2 Å². The number of nitrogens with two attached hydrogens (primary N) is 1. The molecule has 98 valence electrons. The molecule has 1 heterocycles. The lowest BCUT2D eigenvalue weighted by Gasteiger charge is -2.10. The van der Waals surface area contributed by atoms with Crippen molar-refractivity contribution in [1.29, 1.82) is 0 Å². The highest BCUT2D eigenvalue weighted by Crippen LogP contribution is 2.34. The van der Waals surface area contributed by atoms with E-state index in [1.165, 1.54) is 6.20 Å². The molecule has 0 radical (unpaired) electrons. The first-order valence-electron chi connectivity index (χ1n) is 5.52. The van der Waals surface area contributed by atoms with Gasteiger partial charge in [0.15, 0.2) is 5.75 Å². The van der Waals surface area contributed by atoms with Crippen LogP contribution < -0.4 is 15.8 Å². The number of hydrogen-bond acceptors (Lipinski definition) is 4. The number of halogens is 1. The van der Waals surface area contributed by atoms with Crippen molar-refractivity contribution in [3.05, 3.63) is 46.7 Å². The minimum absolute atomic E-state index is 0.273. The van der Waals surface area contributed by atoms with Crippen molar-refractivity contribution >= 4 is 27.5 Å². The molecule has 0 atom stereocenters. The number of aromatic nitrogens is 1. The number of hydrogen-bond donors (Lipinski definition) is 2. The molecule has 1 aromatic heterocycles. The number of carbonyl (C=O) groups is 1. The molecular weight excluding hydrogens is 310 g/mol. The molecule has 0 unspecified atom stereocenters. The number of anilines is 1. The Morgan fingerprint density at radius 1 is 1.42 bits per heavy atom. The van der Waals surface area contributed by atoms with Crippen LogP contribution in [0.15, 0.2) is 41.0 Å². The molecule has 5 nitrogen and oxygen atoms in total. The molecular formula is C13H12BrN3O2. The molecule has 0 aliphatic rings. The Kier molecular flexibility index (Phi) is 4.01. The molecule has 6 heteroatoms. The zero-order valence-corrected chi connectivity index (χ0v) is 11.8. The predicted octanol–water partition coefficient (Wildman–Crippen LogP) is 2.58. The van der Waals surface area contributed by atoms with Crippen LogP contribution in [0.3, 0.4) is 0 Å². The summed E-state index contributed by atoms with van der Waals surface area (Å²) < 4.78 is 6.42. The Labute approximate surface area is 118 Å². The van der Waals surface area contributed by atoms with Gasteiger partial charge >= 0.3 is 0 Å². The van der Waals surface area contributed by atoms with E-state index < -0.39 is 0 Å². The molecule has 2 aromatic rings. The van der Waals surface area contributed by atoms with Crippen LogP contribution in [0.5, 0.6) is 11.5 Å². The first-order valence-corrected chi connectivity index (χ1v) is 6.31. The first-order chi connectivity index (χ1) is 9.11. The summed E-state index contributed by atoms with van der Waals surface area (Å²) in [6.45, 7) is 0. The summed E-state index contributed by atoms with van der Waals surface area (Å²) in [5.41, 5.74) is 6.63. The number of nitrogens with one attached hydrogen (secondary N) is 1. The maximum absolute atomic E-state index is 11.5. The van der Waals surface area contributed by atoms with E-state index in [2.05, 4.69) is 26.2 Å². The van der Waals surface area contributed by atoms with E-state index in [0.29, 0.717) is 17.2 Å². The topological polar surface area (TPSA) is 77.2 Å². The third-order valence-corrected chi connectivity index (χ3v) is 3.03. The fourth-order valence-electron chi connectivity index (χ4n) is 1.48. The fourth-order valence-corrected chi connectivity index (χ4v) is 1.94. The maximum atomic E-state index is 11.5. The monoisotopic (exact) mass is 321 g/mol. The number of ether oxygens (including phenoxy) is 1. The van der Waals surface area contributed by atoms with Crippen LogP contribution in [0.4, 0.5) is 5.69 Å². The van der Waals surface area contributed by atoms with Crippen LogP contribution in [0.25, 0.3) is 0 Å². The van der Waals surface area contributed by atoms with Crippen molar-refractivity contribution in [3.63, 3.8) is 0 Å².